The van der Waals surface area contributed by atoms with E-state index in [0.717, 1.165) is 61.8 Å². The Morgan fingerprint density at radius 2 is 1.67 bits per heavy atom. The standard InChI is InChI=1S/C21H28N4O2/c1-15-5-9-24(10-6-15)20-4-8-22-21(23-20)25-11-7-16-12-18(26-2)19(27-3)13-17(16)14-25/h4,8,12-13,15H,5-7,9-11,14H2,1-3H3. The van der Waals surface area contributed by atoms with E-state index >= 15 is 0 Å². The normalized spacial score (nSPS) is 17.6. The van der Waals surface area contributed by atoms with E-state index in [4.69, 9.17) is 14.5 Å². The van der Waals surface area contributed by atoms with Gasteiger partial charge in [-0.1, -0.05) is 6.92 Å². The highest BCUT2D eigenvalue weighted by molar-refractivity contribution is 5.52. The first-order valence-electron chi connectivity index (χ1n) is 9.74. The minimum absolute atomic E-state index is 0.773. The lowest BCUT2D eigenvalue weighted by atomic mass is 9.99. The number of rotatable bonds is 4. The maximum atomic E-state index is 5.47. The van der Waals surface area contributed by atoms with Crippen LogP contribution < -0.4 is 19.3 Å². The molecule has 0 atom stereocenters. The van der Waals surface area contributed by atoms with Gasteiger partial charge in [-0.15, -0.1) is 0 Å². The number of piperidine rings is 1. The molecule has 2 aliphatic rings. The lowest BCUT2D eigenvalue weighted by molar-refractivity contribution is 0.353. The molecule has 0 saturated carbocycles. The highest BCUT2D eigenvalue weighted by Gasteiger charge is 2.23. The van der Waals surface area contributed by atoms with Gasteiger partial charge in [0.15, 0.2) is 11.5 Å². The Balaban J connectivity index is 1.54. The van der Waals surface area contributed by atoms with E-state index in [1.165, 1.54) is 24.0 Å². The Bertz CT molecular complexity index is 803. The molecule has 27 heavy (non-hydrogen) atoms. The summed E-state index contributed by atoms with van der Waals surface area (Å²) >= 11 is 0. The van der Waals surface area contributed by atoms with Crippen LogP contribution in [0.1, 0.15) is 30.9 Å². The minimum atomic E-state index is 0.773. The van der Waals surface area contributed by atoms with Gasteiger partial charge in [0, 0.05) is 32.4 Å². The van der Waals surface area contributed by atoms with Crippen LogP contribution in [0.15, 0.2) is 24.4 Å². The van der Waals surface area contributed by atoms with E-state index in [9.17, 15) is 0 Å². The van der Waals surface area contributed by atoms with Gasteiger partial charge in [-0.2, -0.15) is 4.98 Å². The molecule has 0 bridgehead atoms. The molecule has 2 aromatic rings. The highest BCUT2D eigenvalue weighted by Crippen LogP contribution is 2.34. The van der Waals surface area contributed by atoms with E-state index in [1.807, 2.05) is 12.3 Å². The number of nitrogens with zero attached hydrogens (tertiary/aromatic N) is 4. The van der Waals surface area contributed by atoms with Gasteiger partial charge in [-0.3, -0.25) is 0 Å². The zero-order valence-corrected chi connectivity index (χ0v) is 16.4. The summed E-state index contributed by atoms with van der Waals surface area (Å²) in [5.41, 5.74) is 2.56. The van der Waals surface area contributed by atoms with Crippen molar-refractivity contribution in [3.05, 3.63) is 35.5 Å². The zero-order valence-electron chi connectivity index (χ0n) is 16.4. The van der Waals surface area contributed by atoms with Crippen LogP contribution in [0.4, 0.5) is 11.8 Å². The zero-order chi connectivity index (χ0) is 18.8. The van der Waals surface area contributed by atoms with Crippen molar-refractivity contribution in [3.8, 4) is 11.5 Å². The number of hydrogen-bond donors (Lipinski definition) is 0. The van der Waals surface area contributed by atoms with Crippen molar-refractivity contribution in [1.82, 2.24) is 9.97 Å². The molecule has 0 radical (unpaired) electrons. The maximum Gasteiger partial charge on any atom is 0.227 e. The quantitative estimate of drug-likeness (QED) is 0.825. The van der Waals surface area contributed by atoms with Gasteiger partial charge in [-0.05, 0) is 54.5 Å². The molecule has 0 amide bonds. The van der Waals surface area contributed by atoms with Crippen LogP contribution in [-0.4, -0.2) is 43.8 Å². The molecule has 1 saturated heterocycles. The average molecular weight is 368 g/mol. The minimum Gasteiger partial charge on any atom is -0.493 e. The number of anilines is 2. The second kappa shape index (κ2) is 7.62. The van der Waals surface area contributed by atoms with Gasteiger partial charge in [0.2, 0.25) is 5.95 Å². The van der Waals surface area contributed by atoms with Crippen molar-refractivity contribution >= 4 is 11.8 Å². The second-order valence-corrected chi connectivity index (χ2v) is 7.53. The van der Waals surface area contributed by atoms with Crippen LogP contribution in [0.3, 0.4) is 0 Å². The lowest BCUT2D eigenvalue weighted by Crippen LogP contribution is -2.35. The van der Waals surface area contributed by atoms with Crippen molar-refractivity contribution in [2.75, 3.05) is 43.7 Å². The molecule has 4 rings (SSSR count). The van der Waals surface area contributed by atoms with E-state index in [1.54, 1.807) is 14.2 Å². The van der Waals surface area contributed by atoms with E-state index in [-0.39, 0.29) is 0 Å². The summed E-state index contributed by atoms with van der Waals surface area (Å²) in [5, 5.41) is 0. The number of aromatic nitrogens is 2. The van der Waals surface area contributed by atoms with E-state index in [0.29, 0.717) is 0 Å². The molecule has 1 aromatic carbocycles. The number of hydrogen-bond acceptors (Lipinski definition) is 6. The SMILES string of the molecule is COc1cc2c(cc1OC)CN(c1nccc(N3CCC(C)CC3)n1)CC2. The number of fused-ring (bicyclic) bond motifs is 1. The number of ether oxygens (including phenoxy) is 2. The Hall–Kier alpha value is -2.50. The summed E-state index contributed by atoms with van der Waals surface area (Å²) in [6, 6.07) is 6.21. The molecule has 0 spiro atoms. The van der Waals surface area contributed by atoms with Gasteiger partial charge in [0.1, 0.15) is 5.82 Å². The molecule has 6 heteroatoms. The molecule has 0 unspecified atom stereocenters. The van der Waals surface area contributed by atoms with Gasteiger partial charge in [0.25, 0.3) is 0 Å². The first-order chi connectivity index (χ1) is 13.2. The van der Waals surface area contributed by atoms with Gasteiger partial charge >= 0.3 is 0 Å². The Morgan fingerprint density at radius 3 is 2.37 bits per heavy atom. The number of methoxy groups -OCH3 is 2. The molecule has 144 valence electrons. The second-order valence-electron chi connectivity index (χ2n) is 7.53. The largest absolute Gasteiger partial charge is 0.493 e. The van der Waals surface area contributed by atoms with Crippen LogP contribution in [0.2, 0.25) is 0 Å². The molecule has 1 fully saturated rings. The van der Waals surface area contributed by atoms with E-state index < -0.39 is 0 Å². The summed E-state index contributed by atoms with van der Waals surface area (Å²) in [4.78, 5) is 14.1. The predicted octanol–water partition coefficient (Wildman–Crippen LogP) is 3.29. The molecule has 2 aliphatic heterocycles. The molecular weight excluding hydrogens is 340 g/mol. The third-order valence-electron chi connectivity index (χ3n) is 5.74. The van der Waals surface area contributed by atoms with Crippen LogP contribution in [0, 0.1) is 5.92 Å². The fourth-order valence-corrected chi connectivity index (χ4v) is 3.96. The number of benzene rings is 1. The summed E-state index contributed by atoms with van der Waals surface area (Å²) in [6.45, 7) is 6.19. The van der Waals surface area contributed by atoms with Crippen LogP contribution in [-0.2, 0) is 13.0 Å². The van der Waals surface area contributed by atoms with Crippen molar-refractivity contribution in [2.24, 2.45) is 5.92 Å². The molecule has 0 aliphatic carbocycles. The highest BCUT2D eigenvalue weighted by atomic mass is 16.5. The fraction of sp³-hybridized carbons (Fsp3) is 0.524. The topological polar surface area (TPSA) is 50.7 Å². The van der Waals surface area contributed by atoms with Crippen molar-refractivity contribution in [3.63, 3.8) is 0 Å². The van der Waals surface area contributed by atoms with Gasteiger partial charge in [-0.25, -0.2) is 4.98 Å². The first kappa shape index (κ1) is 17.9. The van der Waals surface area contributed by atoms with Crippen LogP contribution >= 0.6 is 0 Å². The molecule has 3 heterocycles. The monoisotopic (exact) mass is 368 g/mol. The molecule has 0 N–H and O–H groups in total. The maximum absolute atomic E-state index is 5.47. The summed E-state index contributed by atoms with van der Waals surface area (Å²) in [5.74, 6) is 4.24. The van der Waals surface area contributed by atoms with Crippen molar-refractivity contribution in [1.29, 1.82) is 0 Å². The Morgan fingerprint density at radius 1 is 0.963 bits per heavy atom. The third kappa shape index (κ3) is 3.66. The third-order valence-corrected chi connectivity index (χ3v) is 5.74. The molecular formula is C21H28N4O2. The van der Waals surface area contributed by atoms with Gasteiger partial charge < -0.3 is 19.3 Å². The smallest absolute Gasteiger partial charge is 0.227 e. The van der Waals surface area contributed by atoms with Gasteiger partial charge in [0.05, 0.1) is 14.2 Å². The fourth-order valence-electron chi connectivity index (χ4n) is 3.96. The first-order valence-corrected chi connectivity index (χ1v) is 9.74. The molecule has 6 nitrogen and oxygen atoms in total. The van der Waals surface area contributed by atoms with Crippen LogP contribution in [0.25, 0.3) is 0 Å². The Labute approximate surface area is 161 Å². The van der Waals surface area contributed by atoms with Crippen molar-refractivity contribution < 1.29 is 9.47 Å². The summed E-state index contributed by atoms with van der Waals surface area (Å²) in [6.07, 6.45) is 5.31. The summed E-state index contributed by atoms with van der Waals surface area (Å²) < 4.78 is 10.9. The average Bonchev–Trinajstić information content (AvgIpc) is 2.73. The lowest BCUT2D eigenvalue weighted by Gasteiger charge is -2.33. The van der Waals surface area contributed by atoms with E-state index in [2.05, 4.69) is 33.8 Å². The Kier molecular flexibility index (Phi) is 5.05. The predicted molar refractivity (Wildman–Crippen MR) is 107 cm³/mol. The summed E-state index contributed by atoms with van der Waals surface area (Å²) in [7, 11) is 3.36. The van der Waals surface area contributed by atoms with Crippen LogP contribution in [0.5, 0.6) is 11.5 Å². The molecule has 1 aromatic heterocycles. The van der Waals surface area contributed by atoms with Crippen molar-refractivity contribution in [2.45, 2.75) is 32.7 Å².